The minimum atomic E-state index is 0.104. The molecule has 2 aromatic rings. The van der Waals surface area contributed by atoms with E-state index in [1.165, 1.54) is 0 Å². The standard InChI is InChI=1S/C18H23NO3/c1-19(13-15-8-9-16(22-2)12-18(15)21)17(10-11-20)14-6-4-3-5-7-14/h3-9,12,17,20-21H,10-11,13H2,1-2H3. The van der Waals surface area contributed by atoms with Crippen molar-refractivity contribution in [2.75, 3.05) is 20.8 Å². The lowest BCUT2D eigenvalue weighted by Crippen LogP contribution is -2.25. The lowest BCUT2D eigenvalue weighted by Gasteiger charge is -2.28. The molecule has 4 heteroatoms. The Balaban J connectivity index is 2.16. The van der Waals surface area contributed by atoms with E-state index < -0.39 is 0 Å². The molecular formula is C18H23NO3. The summed E-state index contributed by atoms with van der Waals surface area (Å²) in [4.78, 5) is 2.13. The SMILES string of the molecule is COc1ccc(CN(C)C(CCO)c2ccccc2)c(O)c1. The van der Waals surface area contributed by atoms with Crippen LogP contribution in [0.25, 0.3) is 0 Å². The van der Waals surface area contributed by atoms with Gasteiger partial charge in [-0.1, -0.05) is 36.4 Å². The number of hydrogen-bond acceptors (Lipinski definition) is 4. The Morgan fingerprint density at radius 1 is 1.14 bits per heavy atom. The predicted molar refractivity (Wildman–Crippen MR) is 87.0 cm³/mol. The molecule has 0 saturated heterocycles. The smallest absolute Gasteiger partial charge is 0.123 e. The second-order valence-electron chi connectivity index (χ2n) is 5.35. The van der Waals surface area contributed by atoms with Gasteiger partial charge in [0, 0.05) is 30.8 Å². The number of hydrogen-bond donors (Lipinski definition) is 2. The highest BCUT2D eigenvalue weighted by molar-refractivity contribution is 5.39. The Morgan fingerprint density at radius 3 is 2.45 bits per heavy atom. The van der Waals surface area contributed by atoms with Crippen LogP contribution in [0.5, 0.6) is 11.5 Å². The molecular weight excluding hydrogens is 278 g/mol. The van der Waals surface area contributed by atoms with Crippen LogP contribution in [-0.4, -0.2) is 35.9 Å². The third-order valence-corrected chi connectivity index (χ3v) is 3.83. The van der Waals surface area contributed by atoms with Crippen LogP contribution in [0.15, 0.2) is 48.5 Å². The fourth-order valence-corrected chi connectivity index (χ4v) is 2.62. The molecule has 0 amide bonds. The van der Waals surface area contributed by atoms with Gasteiger partial charge in [-0.05, 0) is 25.1 Å². The number of phenols is 1. The van der Waals surface area contributed by atoms with Crippen molar-refractivity contribution >= 4 is 0 Å². The van der Waals surface area contributed by atoms with Gasteiger partial charge in [0.2, 0.25) is 0 Å². The molecule has 0 spiro atoms. The van der Waals surface area contributed by atoms with Crippen molar-refractivity contribution < 1.29 is 14.9 Å². The third-order valence-electron chi connectivity index (χ3n) is 3.83. The van der Waals surface area contributed by atoms with Gasteiger partial charge in [-0.25, -0.2) is 0 Å². The summed E-state index contributed by atoms with van der Waals surface area (Å²) in [5.41, 5.74) is 1.99. The maximum Gasteiger partial charge on any atom is 0.123 e. The van der Waals surface area contributed by atoms with E-state index in [0.717, 1.165) is 11.1 Å². The second kappa shape index (κ2) is 7.82. The third kappa shape index (κ3) is 4.00. The molecule has 0 aliphatic heterocycles. The van der Waals surface area contributed by atoms with E-state index in [9.17, 15) is 10.2 Å². The van der Waals surface area contributed by atoms with E-state index in [4.69, 9.17) is 4.74 Å². The molecule has 0 aliphatic carbocycles. The first-order valence-corrected chi connectivity index (χ1v) is 7.37. The Kier molecular flexibility index (Phi) is 5.81. The van der Waals surface area contributed by atoms with Crippen molar-refractivity contribution in [3.05, 3.63) is 59.7 Å². The monoisotopic (exact) mass is 301 g/mol. The minimum absolute atomic E-state index is 0.104. The zero-order valence-corrected chi connectivity index (χ0v) is 13.1. The quantitative estimate of drug-likeness (QED) is 0.825. The Hall–Kier alpha value is -2.04. The summed E-state index contributed by atoms with van der Waals surface area (Å²) in [5.74, 6) is 0.862. The summed E-state index contributed by atoms with van der Waals surface area (Å²) in [6.07, 6.45) is 0.650. The number of aromatic hydroxyl groups is 1. The van der Waals surface area contributed by atoms with Gasteiger partial charge < -0.3 is 14.9 Å². The van der Waals surface area contributed by atoms with E-state index in [1.54, 1.807) is 13.2 Å². The molecule has 0 saturated carbocycles. The first-order valence-electron chi connectivity index (χ1n) is 7.37. The van der Waals surface area contributed by atoms with Gasteiger partial charge in [-0.3, -0.25) is 4.90 Å². The van der Waals surface area contributed by atoms with Crippen molar-refractivity contribution in [3.8, 4) is 11.5 Å². The zero-order chi connectivity index (χ0) is 15.9. The summed E-state index contributed by atoms with van der Waals surface area (Å²) < 4.78 is 5.10. The van der Waals surface area contributed by atoms with E-state index in [0.29, 0.717) is 18.7 Å². The maximum atomic E-state index is 10.1. The van der Waals surface area contributed by atoms with Crippen LogP contribution in [0, 0.1) is 0 Å². The Labute approximate surface area is 131 Å². The first-order chi connectivity index (χ1) is 10.7. The number of aliphatic hydroxyl groups excluding tert-OH is 1. The number of phenolic OH excluding ortho intramolecular Hbond substituents is 1. The molecule has 0 fully saturated rings. The molecule has 4 nitrogen and oxygen atoms in total. The van der Waals surface area contributed by atoms with Crippen LogP contribution in [0.1, 0.15) is 23.6 Å². The molecule has 2 aromatic carbocycles. The van der Waals surface area contributed by atoms with Gasteiger partial charge in [0.15, 0.2) is 0 Å². The van der Waals surface area contributed by atoms with Gasteiger partial charge >= 0.3 is 0 Å². The molecule has 1 atom stereocenters. The summed E-state index contributed by atoms with van der Waals surface area (Å²) in [6.45, 7) is 0.716. The molecule has 0 heterocycles. The van der Waals surface area contributed by atoms with Crippen LogP contribution in [0.4, 0.5) is 0 Å². The molecule has 118 valence electrons. The molecule has 0 bridgehead atoms. The summed E-state index contributed by atoms with van der Waals surface area (Å²) >= 11 is 0. The summed E-state index contributed by atoms with van der Waals surface area (Å²) in [7, 11) is 3.57. The van der Waals surface area contributed by atoms with Gasteiger partial charge in [0.05, 0.1) is 7.11 Å². The largest absolute Gasteiger partial charge is 0.507 e. The lowest BCUT2D eigenvalue weighted by atomic mass is 10.0. The number of nitrogens with zero attached hydrogens (tertiary/aromatic N) is 1. The molecule has 22 heavy (non-hydrogen) atoms. The minimum Gasteiger partial charge on any atom is -0.507 e. The van der Waals surface area contributed by atoms with Crippen molar-refractivity contribution in [2.45, 2.75) is 19.0 Å². The molecule has 0 radical (unpaired) electrons. The topological polar surface area (TPSA) is 52.9 Å². The second-order valence-corrected chi connectivity index (χ2v) is 5.35. The van der Waals surface area contributed by atoms with Crippen LogP contribution in [0.3, 0.4) is 0 Å². The highest BCUT2D eigenvalue weighted by Crippen LogP contribution is 2.28. The van der Waals surface area contributed by atoms with E-state index in [1.807, 2.05) is 37.4 Å². The Bertz CT molecular complexity index is 586. The van der Waals surface area contributed by atoms with E-state index >= 15 is 0 Å². The van der Waals surface area contributed by atoms with Crippen LogP contribution >= 0.6 is 0 Å². The van der Waals surface area contributed by atoms with Crippen molar-refractivity contribution in [1.82, 2.24) is 4.90 Å². The molecule has 0 aromatic heterocycles. The molecule has 2 rings (SSSR count). The molecule has 1 unspecified atom stereocenters. The van der Waals surface area contributed by atoms with Crippen molar-refractivity contribution in [3.63, 3.8) is 0 Å². The average molecular weight is 301 g/mol. The lowest BCUT2D eigenvalue weighted by molar-refractivity contribution is 0.179. The number of aliphatic hydroxyl groups is 1. The van der Waals surface area contributed by atoms with E-state index in [-0.39, 0.29) is 18.4 Å². The van der Waals surface area contributed by atoms with Crippen molar-refractivity contribution in [1.29, 1.82) is 0 Å². The average Bonchev–Trinajstić information content (AvgIpc) is 2.55. The van der Waals surface area contributed by atoms with Gasteiger partial charge in [-0.15, -0.1) is 0 Å². The highest BCUT2D eigenvalue weighted by Gasteiger charge is 2.17. The number of benzene rings is 2. The highest BCUT2D eigenvalue weighted by atomic mass is 16.5. The first kappa shape index (κ1) is 16.3. The summed E-state index contributed by atoms with van der Waals surface area (Å²) in [6, 6.07) is 15.5. The van der Waals surface area contributed by atoms with Gasteiger partial charge in [0.1, 0.15) is 11.5 Å². The predicted octanol–water partition coefficient (Wildman–Crippen LogP) is 2.96. The zero-order valence-electron chi connectivity index (χ0n) is 13.1. The van der Waals surface area contributed by atoms with Crippen LogP contribution < -0.4 is 4.74 Å². The fourth-order valence-electron chi connectivity index (χ4n) is 2.62. The van der Waals surface area contributed by atoms with Crippen LogP contribution in [-0.2, 0) is 6.54 Å². The van der Waals surface area contributed by atoms with Gasteiger partial charge in [-0.2, -0.15) is 0 Å². The Morgan fingerprint density at radius 2 is 1.86 bits per heavy atom. The van der Waals surface area contributed by atoms with Crippen LogP contribution in [0.2, 0.25) is 0 Å². The van der Waals surface area contributed by atoms with Gasteiger partial charge in [0.25, 0.3) is 0 Å². The molecule has 2 N–H and O–H groups in total. The normalized spacial score (nSPS) is 12.4. The number of ether oxygens (including phenoxy) is 1. The number of methoxy groups -OCH3 is 1. The summed E-state index contributed by atoms with van der Waals surface area (Å²) in [5, 5.41) is 19.4. The molecule has 0 aliphatic rings. The fraction of sp³-hybridized carbons (Fsp3) is 0.333. The van der Waals surface area contributed by atoms with Crippen molar-refractivity contribution in [2.24, 2.45) is 0 Å². The maximum absolute atomic E-state index is 10.1. The number of rotatable bonds is 7. The van der Waals surface area contributed by atoms with E-state index in [2.05, 4.69) is 17.0 Å².